The molecule has 0 aromatic heterocycles. The summed E-state index contributed by atoms with van der Waals surface area (Å²) < 4.78 is 10.00. The molecule has 6 heteroatoms. The number of aromatic carboxylic acids is 1. The smallest absolute Gasteiger partial charge is 0.339 e. The van der Waals surface area contributed by atoms with Crippen molar-refractivity contribution in [2.75, 3.05) is 26.9 Å². The number of hydrogen-bond donors (Lipinski definition) is 2. The van der Waals surface area contributed by atoms with Crippen LogP contribution in [0.3, 0.4) is 0 Å². The minimum atomic E-state index is -1.08. The van der Waals surface area contributed by atoms with Gasteiger partial charge in [-0.1, -0.05) is 11.6 Å². The number of nitrogens with one attached hydrogen (secondary N) is 1. The highest BCUT2D eigenvalue weighted by Gasteiger charge is 2.12. The van der Waals surface area contributed by atoms with E-state index in [1.165, 1.54) is 13.2 Å². The average Bonchev–Trinajstić information content (AvgIpc) is 2.37. The summed E-state index contributed by atoms with van der Waals surface area (Å²) in [7, 11) is 1.54. The average molecular weight is 267 g/mol. The number of carboxylic acid groups (broad SMARTS) is 1. The highest BCUT2D eigenvalue weighted by atomic mass is 16.5. The van der Waals surface area contributed by atoms with Crippen LogP contribution in [0.2, 0.25) is 0 Å². The number of rotatable bonds is 7. The molecule has 1 aromatic carbocycles. The maximum atomic E-state index is 11.4. The lowest BCUT2D eigenvalue weighted by Gasteiger charge is -2.10. The minimum Gasteiger partial charge on any atom is -0.483 e. The first-order chi connectivity index (χ1) is 9.04. The molecule has 0 aliphatic carbocycles. The normalized spacial score (nSPS) is 10.0. The van der Waals surface area contributed by atoms with Gasteiger partial charge in [0.05, 0.1) is 6.61 Å². The quantitative estimate of drug-likeness (QED) is 0.715. The molecule has 0 saturated heterocycles. The Morgan fingerprint density at radius 3 is 2.74 bits per heavy atom. The highest BCUT2D eigenvalue weighted by molar-refractivity contribution is 5.91. The summed E-state index contributed by atoms with van der Waals surface area (Å²) in [5.41, 5.74) is 0.860. The molecule has 0 unspecified atom stereocenters. The minimum absolute atomic E-state index is 0.0460. The summed E-state index contributed by atoms with van der Waals surface area (Å²) in [5.74, 6) is -1.23. The number of carbonyl (C=O) groups excluding carboxylic acids is 1. The second-order valence-electron chi connectivity index (χ2n) is 3.94. The largest absolute Gasteiger partial charge is 0.483 e. The molecular weight excluding hydrogens is 250 g/mol. The molecule has 6 nitrogen and oxygen atoms in total. The van der Waals surface area contributed by atoms with Crippen LogP contribution >= 0.6 is 0 Å². The molecule has 1 aromatic rings. The van der Waals surface area contributed by atoms with Gasteiger partial charge < -0.3 is 19.9 Å². The molecule has 0 spiro atoms. The highest BCUT2D eigenvalue weighted by Crippen LogP contribution is 2.19. The lowest BCUT2D eigenvalue weighted by molar-refractivity contribution is -0.123. The van der Waals surface area contributed by atoms with Crippen LogP contribution in [0.15, 0.2) is 18.2 Å². The summed E-state index contributed by atoms with van der Waals surface area (Å²) in [5, 5.41) is 11.6. The van der Waals surface area contributed by atoms with Crippen molar-refractivity contribution in [1.82, 2.24) is 5.32 Å². The number of hydrogen-bond acceptors (Lipinski definition) is 4. The molecule has 0 atom stereocenters. The first-order valence-electron chi connectivity index (χ1n) is 5.77. The van der Waals surface area contributed by atoms with Crippen LogP contribution in [0.4, 0.5) is 0 Å². The third-order valence-electron chi connectivity index (χ3n) is 2.35. The van der Waals surface area contributed by atoms with Gasteiger partial charge in [0, 0.05) is 13.7 Å². The van der Waals surface area contributed by atoms with E-state index in [1.807, 2.05) is 0 Å². The van der Waals surface area contributed by atoms with Crippen molar-refractivity contribution in [3.05, 3.63) is 29.3 Å². The molecule has 0 heterocycles. The molecule has 0 aliphatic rings. The Balaban J connectivity index is 2.57. The molecule has 19 heavy (non-hydrogen) atoms. The molecule has 0 fully saturated rings. The van der Waals surface area contributed by atoms with Crippen molar-refractivity contribution in [2.24, 2.45) is 0 Å². The number of carbonyl (C=O) groups is 2. The Kier molecular flexibility index (Phi) is 5.81. The van der Waals surface area contributed by atoms with Gasteiger partial charge in [0.25, 0.3) is 5.91 Å². The van der Waals surface area contributed by atoms with Gasteiger partial charge in [0.15, 0.2) is 6.61 Å². The Hall–Kier alpha value is -2.08. The van der Waals surface area contributed by atoms with Crippen molar-refractivity contribution < 1.29 is 24.2 Å². The van der Waals surface area contributed by atoms with Crippen LogP contribution in [0.25, 0.3) is 0 Å². The third-order valence-corrected chi connectivity index (χ3v) is 2.35. The van der Waals surface area contributed by atoms with Crippen LogP contribution in [0, 0.1) is 6.92 Å². The van der Waals surface area contributed by atoms with Crippen molar-refractivity contribution in [3.63, 3.8) is 0 Å². The van der Waals surface area contributed by atoms with E-state index in [0.717, 1.165) is 5.56 Å². The van der Waals surface area contributed by atoms with Crippen LogP contribution < -0.4 is 10.1 Å². The first-order valence-corrected chi connectivity index (χ1v) is 5.77. The summed E-state index contributed by atoms with van der Waals surface area (Å²) in [4.78, 5) is 22.4. The number of methoxy groups -OCH3 is 1. The zero-order chi connectivity index (χ0) is 14.3. The maximum absolute atomic E-state index is 11.4. The summed E-state index contributed by atoms with van der Waals surface area (Å²) in [6.45, 7) is 2.36. The maximum Gasteiger partial charge on any atom is 0.339 e. The van der Waals surface area contributed by atoms with Gasteiger partial charge in [-0.25, -0.2) is 4.79 Å². The Morgan fingerprint density at radius 1 is 1.37 bits per heavy atom. The number of amides is 1. The lowest BCUT2D eigenvalue weighted by atomic mass is 10.1. The second kappa shape index (κ2) is 7.38. The van der Waals surface area contributed by atoms with Crippen molar-refractivity contribution in [3.8, 4) is 5.75 Å². The van der Waals surface area contributed by atoms with E-state index in [0.29, 0.717) is 13.2 Å². The van der Waals surface area contributed by atoms with Crippen molar-refractivity contribution in [2.45, 2.75) is 6.92 Å². The number of ether oxygens (including phenoxy) is 2. The summed E-state index contributed by atoms with van der Waals surface area (Å²) in [6, 6.07) is 4.77. The topological polar surface area (TPSA) is 84.9 Å². The van der Waals surface area contributed by atoms with E-state index in [-0.39, 0.29) is 23.8 Å². The molecular formula is C13H17NO5. The molecule has 0 bridgehead atoms. The number of carboxylic acids is 1. The van der Waals surface area contributed by atoms with Gasteiger partial charge in [-0.2, -0.15) is 0 Å². The summed E-state index contributed by atoms with van der Waals surface area (Å²) in [6.07, 6.45) is 0. The molecule has 1 amide bonds. The monoisotopic (exact) mass is 267 g/mol. The van der Waals surface area contributed by atoms with Crippen LogP contribution in [-0.2, 0) is 9.53 Å². The van der Waals surface area contributed by atoms with Gasteiger partial charge in [-0.15, -0.1) is 0 Å². The zero-order valence-corrected chi connectivity index (χ0v) is 10.9. The number of benzene rings is 1. The fourth-order valence-electron chi connectivity index (χ4n) is 1.42. The first kappa shape index (κ1) is 15.0. The second-order valence-corrected chi connectivity index (χ2v) is 3.94. The van der Waals surface area contributed by atoms with Gasteiger partial charge >= 0.3 is 5.97 Å². The third kappa shape index (κ3) is 4.97. The van der Waals surface area contributed by atoms with Crippen molar-refractivity contribution in [1.29, 1.82) is 0 Å². The van der Waals surface area contributed by atoms with Crippen LogP contribution in [0.1, 0.15) is 15.9 Å². The zero-order valence-electron chi connectivity index (χ0n) is 10.9. The van der Waals surface area contributed by atoms with E-state index in [2.05, 4.69) is 5.32 Å². The standard InChI is InChI=1S/C13H17NO5/c1-9-3-4-11(10(7-9)13(16)17)19-8-12(15)14-5-6-18-2/h3-4,7H,5-6,8H2,1-2H3,(H,14,15)(H,16,17). The predicted octanol–water partition coefficient (Wildman–Crippen LogP) is 0.835. The van der Waals surface area contributed by atoms with E-state index >= 15 is 0 Å². The predicted molar refractivity (Wildman–Crippen MR) is 68.5 cm³/mol. The molecule has 0 radical (unpaired) electrons. The fraction of sp³-hybridized carbons (Fsp3) is 0.385. The van der Waals surface area contributed by atoms with Gasteiger partial charge in [0.2, 0.25) is 0 Å². The molecule has 2 N–H and O–H groups in total. The van der Waals surface area contributed by atoms with E-state index in [4.69, 9.17) is 14.6 Å². The van der Waals surface area contributed by atoms with E-state index in [1.54, 1.807) is 19.1 Å². The van der Waals surface area contributed by atoms with Crippen LogP contribution in [-0.4, -0.2) is 43.9 Å². The Bertz CT molecular complexity index is 458. The van der Waals surface area contributed by atoms with E-state index in [9.17, 15) is 9.59 Å². The Morgan fingerprint density at radius 2 is 2.11 bits per heavy atom. The van der Waals surface area contributed by atoms with Gasteiger partial charge in [-0.05, 0) is 19.1 Å². The molecule has 0 aliphatic heterocycles. The molecule has 104 valence electrons. The molecule has 0 saturated carbocycles. The van der Waals surface area contributed by atoms with Crippen molar-refractivity contribution >= 4 is 11.9 Å². The SMILES string of the molecule is COCCNC(=O)COc1ccc(C)cc1C(=O)O. The lowest BCUT2D eigenvalue weighted by Crippen LogP contribution is -2.31. The van der Waals surface area contributed by atoms with E-state index < -0.39 is 5.97 Å². The van der Waals surface area contributed by atoms with Crippen LogP contribution in [0.5, 0.6) is 5.75 Å². The fourth-order valence-corrected chi connectivity index (χ4v) is 1.42. The molecule has 1 rings (SSSR count). The van der Waals surface area contributed by atoms with Gasteiger partial charge in [0.1, 0.15) is 11.3 Å². The Labute approximate surface area is 111 Å². The van der Waals surface area contributed by atoms with Gasteiger partial charge in [-0.3, -0.25) is 4.79 Å². The summed E-state index contributed by atoms with van der Waals surface area (Å²) >= 11 is 0. The number of aryl methyl sites for hydroxylation is 1.